The smallest absolute Gasteiger partial charge is 0.248 e. The first-order valence-corrected chi connectivity index (χ1v) is 8.68. The summed E-state index contributed by atoms with van der Waals surface area (Å²) in [6.45, 7) is 0. The van der Waals surface area contributed by atoms with Crippen molar-refractivity contribution in [1.82, 2.24) is 9.71 Å². The molecule has 0 atom stereocenters. The largest absolute Gasteiger partial charge is 0.322 e. The van der Waals surface area contributed by atoms with Crippen LogP contribution in [0.15, 0.2) is 40.0 Å². The predicted molar refractivity (Wildman–Crippen MR) is 81.8 cm³/mol. The lowest BCUT2D eigenvalue weighted by Gasteiger charge is -2.22. The third-order valence-corrected chi connectivity index (χ3v) is 5.45. The Kier molecular flexibility index (Phi) is 3.82. The molecule has 5 nitrogen and oxygen atoms in total. The number of rotatable bonds is 3. The van der Waals surface area contributed by atoms with Crippen LogP contribution in [-0.4, -0.2) is 19.4 Å². The summed E-state index contributed by atoms with van der Waals surface area (Å²) in [6, 6.07) is 7.82. The maximum Gasteiger partial charge on any atom is 0.248 e. The van der Waals surface area contributed by atoms with E-state index in [-0.39, 0.29) is 16.5 Å². The molecule has 0 saturated heterocycles. The summed E-state index contributed by atoms with van der Waals surface area (Å²) in [5.41, 5.74) is 0.442. The van der Waals surface area contributed by atoms with Crippen molar-refractivity contribution in [2.45, 2.75) is 43.0 Å². The predicted octanol–water partition coefficient (Wildman–Crippen LogP) is 2.14. The van der Waals surface area contributed by atoms with Crippen molar-refractivity contribution in [3.63, 3.8) is 0 Å². The molecule has 112 valence electrons. The minimum absolute atomic E-state index is 0.0371. The minimum atomic E-state index is -3.50. The molecule has 2 aromatic rings. The van der Waals surface area contributed by atoms with Gasteiger partial charge in [0.1, 0.15) is 0 Å². The SMILES string of the molecule is O=c1ccc2cc(S(=O)(=O)NC3CCCCC3)ccc2[nH]1. The molecule has 0 aliphatic heterocycles. The Morgan fingerprint density at radius 1 is 1.05 bits per heavy atom. The summed E-state index contributed by atoms with van der Waals surface area (Å²) >= 11 is 0. The molecule has 3 rings (SSSR count). The van der Waals surface area contributed by atoms with Crippen molar-refractivity contribution >= 4 is 20.9 Å². The Morgan fingerprint density at radius 3 is 2.57 bits per heavy atom. The van der Waals surface area contributed by atoms with E-state index in [2.05, 4.69) is 9.71 Å². The average Bonchev–Trinajstić information content (AvgIpc) is 2.47. The number of aromatic nitrogens is 1. The van der Waals surface area contributed by atoms with Crippen LogP contribution in [0.3, 0.4) is 0 Å². The van der Waals surface area contributed by atoms with Crippen LogP contribution < -0.4 is 10.3 Å². The molecule has 21 heavy (non-hydrogen) atoms. The van der Waals surface area contributed by atoms with E-state index in [4.69, 9.17) is 0 Å². The van der Waals surface area contributed by atoms with Crippen molar-refractivity contribution < 1.29 is 8.42 Å². The molecule has 0 spiro atoms. The van der Waals surface area contributed by atoms with Crippen LogP contribution in [0.25, 0.3) is 10.9 Å². The number of hydrogen-bond donors (Lipinski definition) is 2. The number of H-pyrrole nitrogens is 1. The maximum absolute atomic E-state index is 12.4. The lowest BCUT2D eigenvalue weighted by Crippen LogP contribution is -2.36. The first-order valence-electron chi connectivity index (χ1n) is 7.20. The lowest BCUT2D eigenvalue weighted by molar-refractivity contribution is 0.412. The van der Waals surface area contributed by atoms with Gasteiger partial charge in [-0.3, -0.25) is 4.79 Å². The van der Waals surface area contributed by atoms with Crippen molar-refractivity contribution in [3.8, 4) is 0 Å². The van der Waals surface area contributed by atoms with Gasteiger partial charge in [-0.1, -0.05) is 19.3 Å². The second-order valence-electron chi connectivity index (χ2n) is 5.53. The number of sulfonamides is 1. The topological polar surface area (TPSA) is 79.0 Å². The molecule has 1 fully saturated rings. The Morgan fingerprint density at radius 2 is 1.81 bits per heavy atom. The second kappa shape index (κ2) is 5.61. The Hall–Kier alpha value is -1.66. The molecule has 0 radical (unpaired) electrons. The molecule has 0 amide bonds. The summed E-state index contributed by atoms with van der Waals surface area (Å²) in [5, 5.41) is 0.709. The molecule has 1 saturated carbocycles. The van der Waals surface area contributed by atoms with Gasteiger partial charge < -0.3 is 4.98 Å². The van der Waals surface area contributed by atoms with E-state index < -0.39 is 10.0 Å². The molecule has 1 aromatic heterocycles. The fraction of sp³-hybridized carbons (Fsp3) is 0.400. The Labute approximate surface area is 123 Å². The Bertz CT molecular complexity index is 805. The van der Waals surface area contributed by atoms with Gasteiger partial charge in [-0.25, -0.2) is 13.1 Å². The minimum Gasteiger partial charge on any atom is -0.322 e. The van der Waals surface area contributed by atoms with Crippen molar-refractivity contribution in [3.05, 3.63) is 40.7 Å². The van der Waals surface area contributed by atoms with Crippen molar-refractivity contribution in [1.29, 1.82) is 0 Å². The van der Waals surface area contributed by atoms with Gasteiger partial charge in [-0.2, -0.15) is 0 Å². The number of nitrogens with one attached hydrogen (secondary N) is 2. The average molecular weight is 306 g/mol. The molecule has 0 bridgehead atoms. The molecule has 1 aromatic carbocycles. The highest BCUT2D eigenvalue weighted by molar-refractivity contribution is 7.89. The lowest BCUT2D eigenvalue weighted by atomic mass is 9.96. The fourth-order valence-electron chi connectivity index (χ4n) is 2.81. The van der Waals surface area contributed by atoms with Crippen LogP contribution in [0.2, 0.25) is 0 Å². The summed E-state index contributed by atoms with van der Waals surface area (Å²) in [7, 11) is -3.50. The van der Waals surface area contributed by atoms with Gasteiger partial charge in [0.2, 0.25) is 15.6 Å². The summed E-state index contributed by atoms with van der Waals surface area (Å²) in [6.07, 6.45) is 5.14. The highest BCUT2D eigenvalue weighted by Crippen LogP contribution is 2.21. The van der Waals surface area contributed by atoms with Gasteiger partial charge in [0.15, 0.2) is 0 Å². The van der Waals surface area contributed by atoms with E-state index in [1.54, 1.807) is 18.2 Å². The zero-order chi connectivity index (χ0) is 14.9. The number of hydrogen-bond acceptors (Lipinski definition) is 3. The summed E-state index contributed by atoms with van der Waals surface area (Å²) in [5.74, 6) is 0. The van der Waals surface area contributed by atoms with E-state index in [0.29, 0.717) is 10.9 Å². The van der Waals surface area contributed by atoms with Crippen molar-refractivity contribution in [2.75, 3.05) is 0 Å². The van der Waals surface area contributed by atoms with Crippen molar-refractivity contribution in [2.24, 2.45) is 0 Å². The monoisotopic (exact) mass is 306 g/mol. The number of fused-ring (bicyclic) bond motifs is 1. The molecule has 1 aliphatic carbocycles. The third-order valence-electron chi connectivity index (χ3n) is 3.93. The quantitative estimate of drug-likeness (QED) is 0.912. The number of benzene rings is 1. The standard InChI is InChI=1S/C15H18N2O3S/c18-15-9-6-11-10-13(7-8-14(11)16-15)21(19,20)17-12-4-2-1-3-5-12/h6-10,12,17H,1-5H2,(H,16,18). The summed E-state index contributed by atoms with van der Waals surface area (Å²) in [4.78, 5) is 14.2. The van der Waals surface area contributed by atoms with E-state index in [1.807, 2.05) is 0 Å². The van der Waals surface area contributed by atoms with Crippen LogP contribution >= 0.6 is 0 Å². The van der Waals surface area contributed by atoms with Crippen LogP contribution in [0.5, 0.6) is 0 Å². The first-order chi connectivity index (χ1) is 10.0. The maximum atomic E-state index is 12.4. The van der Waals surface area contributed by atoms with Crippen LogP contribution in [0, 0.1) is 0 Å². The number of aromatic amines is 1. The van der Waals surface area contributed by atoms with Gasteiger partial charge in [0.05, 0.1) is 4.90 Å². The second-order valence-corrected chi connectivity index (χ2v) is 7.24. The summed E-state index contributed by atoms with van der Waals surface area (Å²) < 4.78 is 27.6. The third kappa shape index (κ3) is 3.16. The fourth-order valence-corrected chi connectivity index (χ4v) is 4.15. The van der Waals surface area contributed by atoms with E-state index in [1.165, 1.54) is 18.6 Å². The Balaban J connectivity index is 1.90. The molecular weight excluding hydrogens is 288 g/mol. The highest BCUT2D eigenvalue weighted by Gasteiger charge is 2.21. The molecule has 2 N–H and O–H groups in total. The van der Waals surface area contributed by atoms with Gasteiger partial charge in [-0.05, 0) is 42.5 Å². The number of pyridine rings is 1. The van der Waals surface area contributed by atoms with Crippen LogP contribution in [-0.2, 0) is 10.0 Å². The van der Waals surface area contributed by atoms with Gasteiger partial charge in [0.25, 0.3) is 0 Å². The zero-order valence-corrected chi connectivity index (χ0v) is 12.4. The molecule has 6 heteroatoms. The highest BCUT2D eigenvalue weighted by atomic mass is 32.2. The van der Waals surface area contributed by atoms with Crippen LogP contribution in [0.1, 0.15) is 32.1 Å². The molecule has 0 unspecified atom stereocenters. The van der Waals surface area contributed by atoms with Gasteiger partial charge in [0, 0.05) is 17.6 Å². The van der Waals surface area contributed by atoms with E-state index >= 15 is 0 Å². The first kappa shape index (κ1) is 14.3. The van der Waals surface area contributed by atoms with E-state index in [0.717, 1.165) is 25.7 Å². The van der Waals surface area contributed by atoms with Crippen LogP contribution in [0.4, 0.5) is 0 Å². The van der Waals surface area contributed by atoms with Gasteiger partial charge >= 0.3 is 0 Å². The molecule has 1 aliphatic rings. The van der Waals surface area contributed by atoms with Gasteiger partial charge in [-0.15, -0.1) is 0 Å². The zero-order valence-electron chi connectivity index (χ0n) is 11.6. The van der Waals surface area contributed by atoms with E-state index in [9.17, 15) is 13.2 Å². The normalized spacial score (nSPS) is 17.1. The molecule has 1 heterocycles. The molecular formula is C15H18N2O3S.